The third-order valence-electron chi connectivity index (χ3n) is 12.4. The van der Waals surface area contributed by atoms with Crippen LogP contribution in [-0.2, 0) is 28.6 Å². The van der Waals surface area contributed by atoms with Crippen LogP contribution in [0, 0.1) is 0 Å². The van der Waals surface area contributed by atoms with Crippen LogP contribution in [0.2, 0.25) is 0 Å². The van der Waals surface area contributed by atoms with E-state index in [1.54, 1.807) is 0 Å². The summed E-state index contributed by atoms with van der Waals surface area (Å²) in [6.45, 7) is 6.45. The molecule has 68 heavy (non-hydrogen) atoms. The number of esters is 3. The van der Waals surface area contributed by atoms with Gasteiger partial charge in [0, 0.05) is 19.3 Å². The van der Waals surface area contributed by atoms with Gasteiger partial charge in [-0.1, -0.05) is 248 Å². The van der Waals surface area contributed by atoms with E-state index in [4.69, 9.17) is 14.2 Å². The molecule has 0 saturated carbocycles. The maximum Gasteiger partial charge on any atom is 0.306 e. The summed E-state index contributed by atoms with van der Waals surface area (Å²) in [5.41, 5.74) is 0. The van der Waals surface area contributed by atoms with Gasteiger partial charge in [0.25, 0.3) is 0 Å². The lowest BCUT2D eigenvalue weighted by Gasteiger charge is -2.18. The van der Waals surface area contributed by atoms with Gasteiger partial charge in [0.1, 0.15) is 13.2 Å². The lowest BCUT2D eigenvalue weighted by atomic mass is 10.0. The van der Waals surface area contributed by atoms with Crippen LogP contribution in [0.25, 0.3) is 0 Å². The van der Waals surface area contributed by atoms with Crippen molar-refractivity contribution in [2.45, 2.75) is 290 Å². The molecule has 0 amide bonds. The van der Waals surface area contributed by atoms with Gasteiger partial charge in [0.15, 0.2) is 6.10 Å². The summed E-state index contributed by atoms with van der Waals surface area (Å²) in [5, 5.41) is 0. The highest BCUT2D eigenvalue weighted by Crippen LogP contribution is 2.16. The quantitative estimate of drug-likeness (QED) is 0.0262. The van der Waals surface area contributed by atoms with Gasteiger partial charge < -0.3 is 14.2 Å². The van der Waals surface area contributed by atoms with Crippen LogP contribution in [0.15, 0.2) is 72.9 Å². The predicted octanol–water partition coefficient (Wildman–Crippen LogP) is 19.4. The minimum Gasteiger partial charge on any atom is -0.462 e. The molecule has 0 saturated heterocycles. The van der Waals surface area contributed by atoms with Gasteiger partial charge in [-0.25, -0.2) is 0 Å². The van der Waals surface area contributed by atoms with E-state index in [-0.39, 0.29) is 31.1 Å². The molecule has 0 aliphatic rings. The Balaban J connectivity index is 4.06. The predicted molar refractivity (Wildman–Crippen MR) is 293 cm³/mol. The standard InChI is InChI=1S/C62H108O6/c1-4-7-10-13-16-18-20-22-24-25-26-27-28-29-30-31-32-33-34-35-36-37-39-40-42-44-46-49-52-55-61(64)67-58-59(57-66-60(63)54-51-48-15-12-9-6-3)68-62(65)56-53-50-47-45-43-41-38-23-21-19-17-14-11-8-5-2/h8,11,17,19-20,22-23,25-26,28-29,38,59H,4-7,9-10,12-16,18,21,24,27,30-37,39-58H2,1-3H3/b11-8-,19-17-,22-20-,26-25-,29-28-,38-23-. The average Bonchev–Trinajstić information content (AvgIpc) is 3.34. The molecule has 0 bridgehead atoms. The van der Waals surface area contributed by atoms with Crippen LogP contribution in [0.5, 0.6) is 0 Å². The maximum absolute atomic E-state index is 12.8. The zero-order chi connectivity index (χ0) is 49.3. The Labute approximate surface area is 421 Å². The van der Waals surface area contributed by atoms with Crippen molar-refractivity contribution in [2.75, 3.05) is 13.2 Å². The van der Waals surface area contributed by atoms with E-state index in [2.05, 4.69) is 93.7 Å². The molecule has 1 atom stereocenters. The molecule has 0 aromatic heterocycles. The molecule has 0 aromatic carbocycles. The number of carbonyl (C=O) groups excluding carboxylic acids is 3. The number of hydrogen-bond acceptors (Lipinski definition) is 6. The number of ether oxygens (including phenoxy) is 3. The Morgan fingerprint density at radius 1 is 0.309 bits per heavy atom. The summed E-state index contributed by atoms with van der Waals surface area (Å²) in [7, 11) is 0. The van der Waals surface area contributed by atoms with Crippen LogP contribution in [0.4, 0.5) is 0 Å². The fourth-order valence-electron chi connectivity index (χ4n) is 8.11. The van der Waals surface area contributed by atoms with Crippen LogP contribution >= 0.6 is 0 Å². The smallest absolute Gasteiger partial charge is 0.306 e. The van der Waals surface area contributed by atoms with Gasteiger partial charge in [-0.2, -0.15) is 0 Å². The highest BCUT2D eigenvalue weighted by atomic mass is 16.6. The average molecular weight is 950 g/mol. The van der Waals surface area contributed by atoms with Crippen molar-refractivity contribution in [3.8, 4) is 0 Å². The molecule has 0 N–H and O–H groups in total. The van der Waals surface area contributed by atoms with Gasteiger partial charge in [-0.3, -0.25) is 14.4 Å². The maximum atomic E-state index is 12.8. The summed E-state index contributed by atoms with van der Waals surface area (Å²) >= 11 is 0. The molecule has 0 spiro atoms. The number of unbranched alkanes of at least 4 members (excludes halogenated alkanes) is 29. The number of allylic oxidation sites excluding steroid dienone is 12. The van der Waals surface area contributed by atoms with Crippen LogP contribution < -0.4 is 0 Å². The molecule has 392 valence electrons. The minimum absolute atomic E-state index is 0.0814. The summed E-state index contributed by atoms with van der Waals surface area (Å²) in [6.07, 6.45) is 72.2. The Morgan fingerprint density at radius 3 is 0.897 bits per heavy atom. The van der Waals surface area contributed by atoms with Crippen molar-refractivity contribution in [3.05, 3.63) is 72.9 Å². The first-order valence-corrected chi connectivity index (χ1v) is 28.9. The fourth-order valence-corrected chi connectivity index (χ4v) is 8.11. The van der Waals surface area contributed by atoms with Gasteiger partial charge in [0.05, 0.1) is 0 Å². The lowest BCUT2D eigenvalue weighted by molar-refractivity contribution is -0.167. The topological polar surface area (TPSA) is 78.9 Å². The molecule has 0 aromatic rings. The fraction of sp³-hybridized carbons (Fsp3) is 0.758. The molecule has 0 fully saturated rings. The molecule has 0 rings (SSSR count). The minimum atomic E-state index is -0.780. The van der Waals surface area contributed by atoms with E-state index in [9.17, 15) is 14.4 Å². The van der Waals surface area contributed by atoms with Crippen molar-refractivity contribution in [1.29, 1.82) is 0 Å². The Hall–Kier alpha value is -3.15. The van der Waals surface area contributed by atoms with Crippen molar-refractivity contribution in [3.63, 3.8) is 0 Å². The molecule has 0 radical (unpaired) electrons. The number of carbonyl (C=O) groups is 3. The number of hydrogen-bond donors (Lipinski definition) is 0. The second-order valence-corrected chi connectivity index (χ2v) is 19.2. The monoisotopic (exact) mass is 949 g/mol. The molecule has 0 heterocycles. The van der Waals surface area contributed by atoms with Gasteiger partial charge in [-0.15, -0.1) is 0 Å². The first kappa shape index (κ1) is 64.8. The summed E-state index contributed by atoms with van der Waals surface area (Å²) in [5.74, 6) is -0.903. The first-order valence-electron chi connectivity index (χ1n) is 28.9. The van der Waals surface area contributed by atoms with Crippen molar-refractivity contribution < 1.29 is 28.6 Å². The molecular formula is C62H108O6. The molecule has 6 nitrogen and oxygen atoms in total. The van der Waals surface area contributed by atoms with Crippen molar-refractivity contribution in [1.82, 2.24) is 0 Å². The molecule has 0 aliphatic carbocycles. The van der Waals surface area contributed by atoms with Crippen LogP contribution in [-0.4, -0.2) is 37.2 Å². The second-order valence-electron chi connectivity index (χ2n) is 19.2. The van der Waals surface area contributed by atoms with E-state index in [0.29, 0.717) is 19.3 Å². The van der Waals surface area contributed by atoms with Crippen LogP contribution in [0.1, 0.15) is 284 Å². The highest BCUT2D eigenvalue weighted by molar-refractivity contribution is 5.71. The van der Waals surface area contributed by atoms with E-state index >= 15 is 0 Å². The van der Waals surface area contributed by atoms with Gasteiger partial charge in [-0.05, 0) is 89.9 Å². The molecular weight excluding hydrogens is 841 g/mol. The summed E-state index contributed by atoms with van der Waals surface area (Å²) in [4.78, 5) is 37.8. The largest absolute Gasteiger partial charge is 0.462 e. The van der Waals surface area contributed by atoms with Crippen LogP contribution in [0.3, 0.4) is 0 Å². The lowest BCUT2D eigenvalue weighted by Crippen LogP contribution is -2.30. The van der Waals surface area contributed by atoms with Gasteiger partial charge >= 0.3 is 17.9 Å². The zero-order valence-corrected chi connectivity index (χ0v) is 44.9. The van der Waals surface area contributed by atoms with Gasteiger partial charge in [0.2, 0.25) is 0 Å². The molecule has 1 unspecified atom stereocenters. The van der Waals surface area contributed by atoms with E-state index < -0.39 is 6.10 Å². The highest BCUT2D eigenvalue weighted by Gasteiger charge is 2.19. The SMILES string of the molecule is CC/C=C\C/C=C\C/C=C\CCCCCCCC(=O)OC(COC(=O)CCCCCCCC)COC(=O)CCCCCCCCCCCCCCCC/C=C\C/C=C\C/C=C\CCCCCCC. The van der Waals surface area contributed by atoms with Crippen molar-refractivity contribution >= 4 is 17.9 Å². The normalized spacial score (nSPS) is 12.6. The first-order chi connectivity index (χ1) is 33.5. The van der Waals surface area contributed by atoms with Crippen molar-refractivity contribution in [2.24, 2.45) is 0 Å². The van der Waals surface area contributed by atoms with E-state index in [1.807, 2.05) is 0 Å². The molecule has 0 aliphatic heterocycles. The second kappa shape index (κ2) is 56.4. The third kappa shape index (κ3) is 53.8. The Kier molecular flexibility index (Phi) is 53.8. The van der Waals surface area contributed by atoms with E-state index in [0.717, 1.165) is 109 Å². The third-order valence-corrected chi connectivity index (χ3v) is 12.4. The number of rotatable bonds is 52. The summed E-state index contributed by atoms with van der Waals surface area (Å²) in [6, 6.07) is 0. The van der Waals surface area contributed by atoms with E-state index in [1.165, 1.54) is 135 Å². The Morgan fingerprint density at radius 2 is 0.574 bits per heavy atom. The Bertz CT molecular complexity index is 1270. The summed E-state index contributed by atoms with van der Waals surface area (Å²) < 4.78 is 16.7. The zero-order valence-electron chi connectivity index (χ0n) is 44.9. The molecule has 6 heteroatoms.